The molecular formula is C5H13NO3S. The topological polar surface area (TPSA) is 80.4 Å². The fourth-order valence-electron chi connectivity index (χ4n) is 0.553. The summed E-state index contributed by atoms with van der Waals surface area (Å²) in [7, 11) is -3.87. The Balaban J connectivity index is 4.16. The Morgan fingerprint density at radius 1 is 1.50 bits per heavy atom. The molecule has 0 radical (unpaired) electrons. The summed E-state index contributed by atoms with van der Waals surface area (Å²) in [5.41, 5.74) is 4.70. The number of hydrogen-bond acceptors (Lipinski definition) is 3. The van der Waals surface area contributed by atoms with E-state index in [0.717, 1.165) is 0 Å². The van der Waals surface area contributed by atoms with Crippen LogP contribution in [0.4, 0.5) is 0 Å². The molecule has 10 heavy (non-hydrogen) atoms. The van der Waals surface area contributed by atoms with E-state index in [0.29, 0.717) is 0 Å². The first-order valence-corrected chi connectivity index (χ1v) is 4.53. The average Bonchev–Trinajstić information content (AvgIpc) is 1.60. The Labute approximate surface area is 61.2 Å². The lowest BCUT2D eigenvalue weighted by molar-refractivity contribution is 0.398. The maximum atomic E-state index is 10.3. The summed E-state index contributed by atoms with van der Waals surface area (Å²) in [6, 6.07) is 0. The molecule has 5 heteroatoms. The molecule has 0 aliphatic carbocycles. The lowest BCUT2D eigenvalue weighted by Crippen LogP contribution is -2.31. The van der Waals surface area contributed by atoms with Gasteiger partial charge in [0.1, 0.15) is 0 Å². The molecule has 0 atom stereocenters. The fourth-order valence-corrected chi connectivity index (χ4v) is 1.66. The summed E-state index contributed by atoms with van der Waals surface area (Å²) >= 11 is 0. The molecule has 0 rings (SSSR count). The maximum Gasteiger partial charge on any atom is 0.265 e. The van der Waals surface area contributed by atoms with Crippen molar-refractivity contribution in [3.63, 3.8) is 0 Å². The number of hydrogen-bond donors (Lipinski definition) is 2. The molecule has 3 N–H and O–H groups in total. The molecule has 0 aliphatic heterocycles. The second-order valence-corrected chi connectivity index (χ2v) is 4.55. The van der Waals surface area contributed by atoms with Crippen LogP contribution in [-0.4, -0.2) is 25.3 Å². The first-order valence-electron chi connectivity index (χ1n) is 2.92. The van der Waals surface area contributed by atoms with Crippen molar-refractivity contribution in [2.24, 2.45) is 11.1 Å². The Morgan fingerprint density at radius 2 is 1.90 bits per heavy atom. The summed E-state index contributed by atoms with van der Waals surface area (Å²) in [6.45, 7) is 3.61. The van der Waals surface area contributed by atoms with E-state index in [4.69, 9.17) is 10.3 Å². The van der Waals surface area contributed by atoms with Gasteiger partial charge in [-0.05, 0) is 12.0 Å². The molecule has 0 heterocycles. The van der Waals surface area contributed by atoms with Crippen molar-refractivity contribution in [1.29, 1.82) is 0 Å². The first kappa shape index (κ1) is 9.87. The number of rotatable bonds is 3. The summed E-state index contributed by atoms with van der Waals surface area (Å²) in [6.07, 6.45) is 0. The van der Waals surface area contributed by atoms with E-state index in [1.54, 1.807) is 13.8 Å². The minimum Gasteiger partial charge on any atom is -0.330 e. The van der Waals surface area contributed by atoms with Crippen LogP contribution >= 0.6 is 0 Å². The van der Waals surface area contributed by atoms with Crippen molar-refractivity contribution in [3.8, 4) is 0 Å². The van der Waals surface area contributed by atoms with Crippen LogP contribution in [-0.2, 0) is 10.1 Å². The monoisotopic (exact) mass is 167 g/mol. The molecule has 0 bridgehead atoms. The highest BCUT2D eigenvalue weighted by molar-refractivity contribution is 7.85. The molecule has 0 saturated heterocycles. The van der Waals surface area contributed by atoms with Crippen LogP contribution < -0.4 is 5.73 Å². The standard InChI is InChI=1S/C5H13NO3S/c1-5(2,3-6)4-10(7,8)9/h3-4,6H2,1-2H3,(H,7,8,9). The zero-order valence-electron chi connectivity index (χ0n) is 6.16. The van der Waals surface area contributed by atoms with E-state index in [1.165, 1.54) is 0 Å². The van der Waals surface area contributed by atoms with Gasteiger partial charge in [0.15, 0.2) is 0 Å². The van der Waals surface area contributed by atoms with E-state index < -0.39 is 15.5 Å². The molecule has 4 nitrogen and oxygen atoms in total. The largest absolute Gasteiger partial charge is 0.330 e. The van der Waals surface area contributed by atoms with E-state index in [9.17, 15) is 8.42 Å². The third-order valence-electron chi connectivity index (χ3n) is 1.13. The summed E-state index contributed by atoms with van der Waals surface area (Å²) in [5, 5.41) is 0. The highest BCUT2D eigenvalue weighted by Crippen LogP contribution is 2.14. The highest BCUT2D eigenvalue weighted by atomic mass is 32.2. The van der Waals surface area contributed by atoms with Crippen molar-refractivity contribution in [2.45, 2.75) is 13.8 Å². The van der Waals surface area contributed by atoms with Crippen LogP contribution in [0.1, 0.15) is 13.8 Å². The van der Waals surface area contributed by atoms with E-state index >= 15 is 0 Å². The van der Waals surface area contributed by atoms with Crippen LogP contribution in [0.15, 0.2) is 0 Å². The van der Waals surface area contributed by atoms with Gasteiger partial charge in [-0.1, -0.05) is 13.8 Å². The molecule has 0 spiro atoms. The van der Waals surface area contributed by atoms with Gasteiger partial charge in [-0.25, -0.2) is 0 Å². The van der Waals surface area contributed by atoms with Crippen molar-refractivity contribution >= 4 is 10.1 Å². The summed E-state index contributed by atoms with van der Waals surface area (Å²) < 4.78 is 29.0. The average molecular weight is 167 g/mol. The van der Waals surface area contributed by atoms with Gasteiger partial charge in [0.25, 0.3) is 10.1 Å². The molecule has 0 fully saturated rings. The molecule has 0 aromatic rings. The Kier molecular flexibility index (Phi) is 2.82. The molecule has 0 aliphatic rings. The zero-order chi connectivity index (χ0) is 8.41. The predicted molar refractivity (Wildman–Crippen MR) is 39.3 cm³/mol. The van der Waals surface area contributed by atoms with Gasteiger partial charge in [0.05, 0.1) is 5.75 Å². The normalized spacial score (nSPS) is 13.6. The number of nitrogens with two attached hydrogens (primary N) is 1. The first-order chi connectivity index (χ1) is 4.27. The molecule has 0 aromatic carbocycles. The highest BCUT2D eigenvalue weighted by Gasteiger charge is 2.22. The minimum absolute atomic E-state index is 0.243. The Morgan fingerprint density at radius 3 is 2.00 bits per heavy atom. The van der Waals surface area contributed by atoms with Crippen LogP contribution in [0.25, 0.3) is 0 Å². The van der Waals surface area contributed by atoms with Crippen molar-refractivity contribution in [3.05, 3.63) is 0 Å². The van der Waals surface area contributed by atoms with Crippen LogP contribution in [0.5, 0.6) is 0 Å². The van der Waals surface area contributed by atoms with E-state index in [1.807, 2.05) is 0 Å². The second-order valence-electron chi connectivity index (χ2n) is 3.09. The van der Waals surface area contributed by atoms with Gasteiger partial charge < -0.3 is 5.73 Å². The fraction of sp³-hybridized carbons (Fsp3) is 1.00. The lowest BCUT2D eigenvalue weighted by Gasteiger charge is -2.19. The summed E-state index contributed by atoms with van der Waals surface area (Å²) in [4.78, 5) is 0. The van der Waals surface area contributed by atoms with Gasteiger partial charge in [-0.3, -0.25) is 4.55 Å². The molecular weight excluding hydrogens is 154 g/mol. The second kappa shape index (κ2) is 2.86. The van der Waals surface area contributed by atoms with Crippen molar-refractivity contribution < 1.29 is 13.0 Å². The van der Waals surface area contributed by atoms with E-state index in [-0.39, 0.29) is 12.3 Å². The van der Waals surface area contributed by atoms with Crippen LogP contribution in [0, 0.1) is 5.41 Å². The predicted octanol–water partition coefficient (Wildman–Crippen LogP) is -0.141. The van der Waals surface area contributed by atoms with Gasteiger partial charge in [0, 0.05) is 0 Å². The quantitative estimate of drug-likeness (QED) is 0.573. The molecule has 0 saturated carbocycles. The van der Waals surface area contributed by atoms with Crippen LogP contribution in [0.2, 0.25) is 0 Å². The van der Waals surface area contributed by atoms with E-state index in [2.05, 4.69) is 0 Å². The van der Waals surface area contributed by atoms with Gasteiger partial charge in [-0.15, -0.1) is 0 Å². The summed E-state index contributed by atoms with van der Waals surface area (Å²) in [5.74, 6) is -0.281. The third kappa shape index (κ3) is 4.72. The van der Waals surface area contributed by atoms with Gasteiger partial charge in [-0.2, -0.15) is 8.42 Å². The van der Waals surface area contributed by atoms with Gasteiger partial charge >= 0.3 is 0 Å². The Hall–Kier alpha value is -0.130. The Bertz CT molecular complexity index is 195. The zero-order valence-corrected chi connectivity index (χ0v) is 6.98. The minimum atomic E-state index is -3.87. The molecule has 0 amide bonds. The third-order valence-corrected chi connectivity index (χ3v) is 2.27. The maximum absolute atomic E-state index is 10.3. The van der Waals surface area contributed by atoms with Gasteiger partial charge in [0.2, 0.25) is 0 Å². The van der Waals surface area contributed by atoms with Crippen molar-refractivity contribution in [1.82, 2.24) is 0 Å². The smallest absolute Gasteiger partial charge is 0.265 e. The molecule has 0 aromatic heterocycles. The molecule has 62 valence electrons. The molecule has 0 unspecified atom stereocenters. The lowest BCUT2D eigenvalue weighted by atomic mass is 9.97. The van der Waals surface area contributed by atoms with Crippen LogP contribution in [0.3, 0.4) is 0 Å². The SMILES string of the molecule is CC(C)(CN)CS(=O)(=O)O. The van der Waals surface area contributed by atoms with Crippen molar-refractivity contribution in [2.75, 3.05) is 12.3 Å².